The number of fused-ring (bicyclic) bond motifs is 1. The maximum Gasteiger partial charge on any atom is 0.312 e. The fourth-order valence-electron chi connectivity index (χ4n) is 2.76. The van der Waals surface area contributed by atoms with Gasteiger partial charge in [-0.3, -0.25) is 9.59 Å². The van der Waals surface area contributed by atoms with Crippen molar-refractivity contribution in [1.29, 1.82) is 5.26 Å². The van der Waals surface area contributed by atoms with E-state index < -0.39 is 18.5 Å². The summed E-state index contributed by atoms with van der Waals surface area (Å²) in [5.74, 6) is -0.964. The topological polar surface area (TPSA) is 96.4 Å². The molecule has 2 aromatic carbocycles. The molecule has 3 rings (SSSR count). The number of aryl methyl sites for hydroxylation is 1. The van der Waals surface area contributed by atoms with E-state index in [2.05, 4.69) is 5.16 Å². The van der Waals surface area contributed by atoms with Crippen molar-refractivity contribution in [3.8, 4) is 6.07 Å². The lowest BCUT2D eigenvalue weighted by Gasteiger charge is -2.21. The predicted octanol–water partition coefficient (Wildman–Crippen LogP) is 3.17. The molecule has 0 aliphatic heterocycles. The van der Waals surface area contributed by atoms with Gasteiger partial charge in [0.2, 0.25) is 0 Å². The van der Waals surface area contributed by atoms with Crippen LogP contribution in [0.2, 0.25) is 0 Å². The number of benzene rings is 2. The van der Waals surface area contributed by atoms with Crippen LogP contribution in [0.15, 0.2) is 53.1 Å². The summed E-state index contributed by atoms with van der Waals surface area (Å²) in [7, 11) is 0. The van der Waals surface area contributed by atoms with Gasteiger partial charge in [-0.1, -0.05) is 35.0 Å². The SMILES string of the molecule is Cc1ccc(N(CCC#N)C(=O)COC(=O)Cc2noc3ccccc23)cc1. The molecule has 142 valence electrons. The standard InChI is InChI=1S/C21H19N3O4/c1-15-7-9-16(10-8-15)24(12-4-11-22)20(25)14-27-21(26)13-18-17-5-2-3-6-19(17)28-23-18/h2-3,5-10H,4,12-14H2,1H3. The summed E-state index contributed by atoms with van der Waals surface area (Å²) in [5, 5.41) is 13.5. The number of nitriles is 1. The third kappa shape index (κ3) is 4.54. The number of aromatic nitrogens is 1. The zero-order valence-corrected chi connectivity index (χ0v) is 15.4. The van der Waals surface area contributed by atoms with Crippen molar-refractivity contribution < 1.29 is 18.8 Å². The Hall–Kier alpha value is -3.66. The number of para-hydroxylation sites is 1. The molecule has 1 aromatic heterocycles. The summed E-state index contributed by atoms with van der Waals surface area (Å²) in [6.45, 7) is 1.76. The van der Waals surface area contributed by atoms with Gasteiger partial charge in [-0.2, -0.15) is 5.26 Å². The molecule has 0 aliphatic rings. The van der Waals surface area contributed by atoms with Gasteiger partial charge in [0, 0.05) is 17.6 Å². The first kappa shape index (κ1) is 19.1. The molecule has 0 saturated heterocycles. The van der Waals surface area contributed by atoms with E-state index in [9.17, 15) is 9.59 Å². The minimum atomic E-state index is -0.573. The maximum atomic E-state index is 12.6. The number of hydrogen-bond donors (Lipinski definition) is 0. The molecule has 28 heavy (non-hydrogen) atoms. The van der Waals surface area contributed by atoms with Crippen molar-refractivity contribution >= 4 is 28.5 Å². The van der Waals surface area contributed by atoms with Gasteiger partial charge >= 0.3 is 5.97 Å². The molecule has 7 heteroatoms. The molecule has 0 aliphatic carbocycles. The summed E-state index contributed by atoms with van der Waals surface area (Å²) >= 11 is 0. The Balaban J connectivity index is 1.62. The van der Waals surface area contributed by atoms with Crippen molar-refractivity contribution in [2.75, 3.05) is 18.1 Å². The van der Waals surface area contributed by atoms with E-state index in [1.807, 2.05) is 37.3 Å². The van der Waals surface area contributed by atoms with E-state index in [1.54, 1.807) is 24.3 Å². The molecule has 0 radical (unpaired) electrons. The molecule has 0 atom stereocenters. The highest BCUT2D eigenvalue weighted by molar-refractivity contribution is 5.95. The van der Waals surface area contributed by atoms with E-state index in [4.69, 9.17) is 14.5 Å². The van der Waals surface area contributed by atoms with Crippen molar-refractivity contribution in [2.45, 2.75) is 19.8 Å². The fraction of sp³-hybridized carbons (Fsp3) is 0.238. The number of hydrogen-bond acceptors (Lipinski definition) is 6. The molecule has 7 nitrogen and oxygen atoms in total. The molecule has 0 bridgehead atoms. The van der Waals surface area contributed by atoms with Gasteiger partial charge in [-0.25, -0.2) is 0 Å². The number of rotatable bonds is 7. The molecule has 0 spiro atoms. The third-order valence-corrected chi connectivity index (χ3v) is 4.21. The maximum absolute atomic E-state index is 12.6. The van der Waals surface area contributed by atoms with Gasteiger partial charge in [0.05, 0.1) is 18.9 Å². The van der Waals surface area contributed by atoms with Crippen molar-refractivity contribution in [1.82, 2.24) is 5.16 Å². The molecule has 0 fully saturated rings. The smallest absolute Gasteiger partial charge is 0.312 e. The van der Waals surface area contributed by atoms with E-state index >= 15 is 0 Å². The Labute approximate surface area is 162 Å². The number of ether oxygens (including phenoxy) is 1. The summed E-state index contributed by atoms with van der Waals surface area (Å²) < 4.78 is 10.3. The fourth-order valence-corrected chi connectivity index (χ4v) is 2.76. The van der Waals surface area contributed by atoms with Crippen LogP contribution in [0.1, 0.15) is 17.7 Å². The minimum Gasteiger partial charge on any atom is -0.455 e. The first-order valence-corrected chi connectivity index (χ1v) is 8.81. The quantitative estimate of drug-likeness (QED) is 0.587. The highest BCUT2D eigenvalue weighted by Crippen LogP contribution is 2.19. The zero-order chi connectivity index (χ0) is 19.9. The Morgan fingerprint density at radius 2 is 1.93 bits per heavy atom. The number of anilines is 1. The minimum absolute atomic E-state index is 0.0903. The van der Waals surface area contributed by atoms with Crippen molar-refractivity contribution in [2.24, 2.45) is 0 Å². The van der Waals surface area contributed by atoms with Gasteiger partial charge in [-0.15, -0.1) is 0 Å². The van der Waals surface area contributed by atoms with Gasteiger partial charge in [0.15, 0.2) is 12.2 Å². The molecule has 3 aromatic rings. The second-order valence-electron chi connectivity index (χ2n) is 6.25. The van der Waals surface area contributed by atoms with Gasteiger partial charge in [0.1, 0.15) is 5.69 Å². The summed E-state index contributed by atoms with van der Waals surface area (Å²) in [4.78, 5) is 26.2. The lowest BCUT2D eigenvalue weighted by Crippen LogP contribution is -2.35. The number of carbonyl (C=O) groups excluding carboxylic acids is 2. The lowest BCUT2D eigenvalue weighted by atomic mass is 10.2. The van der Waals surface area contributed by atoms with Gasteiger partial charge in [0.25, 0.3) is 5.91 Å². The molecule has 1 heterocycles. The molecular weight excluding hydrogens is 358 g/mol. The average molecular weight is 377 g/mol. The number of amides is 1. The van der Waals surface area contributed by atoms with Crippen LogP contribution in [-0.2, 0) is 20.7 Å². The Morgan fingerprint density at radius 1 is 1.18 bits per heavy atom. The molecular formula is C21H19N3O4. The van der Waals surface area contributed by atoms with Crippen molar-refractivity contribution in [3.05, 3.63) is 59.8 Å². The largest absolute Gasteiger partial charge is 0.455 e. The highest BCUT2D eigenvalue weighted by Gasteiger charge is 2.19. The zero-order valence-electron chi connectivity index (χ0n) is 15.4. The van der Waals surface area contributed by atoms with Crippen LogP contribution in [0.3, 0.4) is 0 Å². The van der Waals surface area contributed by atoms with Gasteiger partial charge in [-0.05, 0) is 31.2 Å². The summed E-state index contributed by atoms with van der Waals surface area (Å²) in [6.07, 6.45) is 0.0888. The first-order chi connectivity index (χ1) is 13.6. The van der Waals surface area contributed by atoms with Crippen LogP contribution >= 0.6 is 0 Å². The summed E-state index contributed by atoms with van der Waals surface area (Å²) in [5.41, 5.74) is 2.77. The predicted molar refractivity (Wildman–Crippen MR) is 102 cm³/mol. The number of esters is 1. The van der Waals surface area contributed by atoms with Crippen LogP contribution in [0.25, 0.3) is 11.0 Å². The van der Waals surface area contributed by atoms with Crippen LogP contribution in [0.5, 0.6) is 0 Å². The summed E-state index contributed by atoms with van der Waals surface area (Å²) in [6, 6.07) is 16.6. The van der Waals surface area contributed by atoms with Crippen LogP contribution in [-0.4, -0.2) is 30.2 Å². The second kappa shape index (κ2) is 8.82. The van der Waals surface area contributed by atoms with E-state index in [-0.39, 0.29) is 19.4 Å². The molecule has 1 amide bonds. The van der Waals surface area contributed by atoms with Gasteiger partial charge < -0.3 is 14.2 Å². The van der Waals surface area contributed by atoms with Crippen LogP contribution in [0, 0.1) is 18.3 Å². The molecule has 0 saturated carbocycles. The average Bonchev–Trinajstić information content (AvgIpc) is 3.11. The molecule has 0 unspecified atom stereocenters. The van der Waals surface area contributed by atoms with E-state index in [0.717, 1.165) is 10.9 Å². The van der Waals surface area contributed by atoms with Crippen molar-refractivity contribution in [3.63, 3.8) is 0 Å². The number of nitrogens with zero attached hydrogens (tertiary/aromatic N) is 3. The van der Waals surface area contributed by atoms with Crippen LogP contribution < -0.4 is 4.90 Å². The third-order valence-electron chi connectivity index (χ3n) is 4.21. The van der Waals surface area contributed by atoms with Crippen LogP contribution in [0.4, 0.5) is 5.69 Å². The number of carbonyl (C=O) groups is 2. The van der Waals surface area contributed by atoms with E-state index in [0.29, 0.717) is 17.0 Å². The normalized spacial score (nSPS) is 10.4. The highest BCUT2D eigenvalue weighted by atomic mass is 16.5. The Bertz CT molecular complexity index is 1020. The molecule has 0 N–H and O–H groups in total. The second-order valence-corrected chi connectivity index (χ2v) is 6.25. The van der Waals surface area contributed by atoms with E-state index in [1.165, 1.54) is 4.90 Å². The monoisotopic (exact) mass is 377 g/mol. The first-order valence-electron chi connectivity index (χ1n) is 8.81. The Kier molecular flexibility index (Phi) is 6.02. The Morgan fingerprint density at radius 3 is 2.68 bits per heavy atom. The lowest BCUT2D eigenvalue weighted by molar-refractivity contribution is -0.147.